The Labute approximate surface area is 374 Å². The van der Waals surface area contributed by atoms with Crippen molar-refractivity contribution in [2.24, 2.45) is 0 Å². The second-order valence-electron chi connectivity index (χ2n) is 18.5. The molecule has 0 saturated carbocycles. The minimum Gasteiger partial charge on any atom is -0.462 e. The molecule has 0 aliphatic heterocycles. The van der Waals surface area contributed by atoms with Gasteiger partial charge in [-0.05, 0) is 19.3 Å². The van der Waals surface area contributed by atoms with E-state index in [9.17, 15) is 14.4 Å². The molecule has 0 radical (unpaired) electrons. The zero-order valence-corrected chi connectivity index (χ0v) is 40.8. The van der Waals surface area contributed by atoms with E-state index in [1.165, 1.54) is 212 Å². The van der Waals surface area contributed by atoms with Gasteiger partial charge in [-0.15, -0.1) is 0 Å². The van der Waals surface area contributed by atoms with Crippen LogP contribution >= 0.6 is 0 Å². The van der Waals surface area contributed by atoms with E-state index < -0.39 is 6.10 Å². The average molecular weight is 849 g/mol. The summed E-state index contributed by atoms with van der Waals surface area (Å²) >= 11 is 0. The average Bonchev–Trinajstić information content (AvgIpc) is 3.24. The third-order valence-corrected chi connectivity index (χ3v) is 12.4. The van der Waals surface area contributed by atoms with Gasteiger partial charge in [-0.25, -0.2) is 0 Å². The molecule has 0 aromatic heterocycles. The summed E-state index contributed by atoms with van der Waals surface area (Å²) in [7, 11) is 0. The van der Waals surface area contributed by atoms with E-state index in [0.717, 1.165) is 57.8 Å². The number of rotatable bonds is 50. The Morgan fingerprint density at radius 2 is 0.450 bits per heavy atom. The van der Waals surface area contributed by atoms with Gasteiger partial charge in [-0.2, -0.15) is 0 Å². The number of carbonyl (C=O) groups is 3. The molecule has 0 aromatic rings. The van der Waals surface area contributed by atoms with Crippen LogP contribution in [0.15, 0.2) is 0 Å². The first-order chi connectivity index (χ1) is 29.5. The van der Waals surface area contributed by atoms with Crippen LogP contribution in [-0.4, -0.2) is 37.2 Å². The number of hydrogen-bond donors (Lipinski definition) is 0. The van der Waals surface area contributed by atoms with Gasteiger partial charge in [-0.1, -0.05) is 271 Å². The van der Waals surface area contributed by atoms with Crippen LogP contribution in [-0.2, 0) is 28.6 Å². The van der Waals surface area contributed by atoms with Crippen molar-refractivity contribution >= 4 is 17.9 Å². The minimum absolute atomic E-state index is 0.0621. The van der Waals surface area contributed by atoms with Crippen molar-refractivity contribution in [3.63, 3.8) is 0 Å². The van der Waals surface area contributed by atoms with E-state index in [1.54, 1.807) is 0 Å². The van der Waals surface area contributed by atoms with Crippen LogP contribution in [0, 0.1) is 0 Å². The van der Waals surface area contributed by atoms with Crippen LogP contribution in [0.2, 0.25) is 0 Å². The van der Waals surface area contributed by atoms with Crippen molar-refractivity contribution in [3.8, 4) is 0 Å². The van der Waals surface area contributed by atoms with E-state index in [4.69, 9.17) is 14.2 Å². The lowest BCUT2D eigenvalue weighted by Crippen LogP contribution is -2.30. The van der Waals surface area contributed by atoms with E-state index in [2.05, 4.69) is 20.8 Å². The Hall–Kier alpha value is -1.59. The molecule has 0 rings (SSSR count). The quantitative estimate of drug-likeness (QED) is 0.0345. The molecule has 356 valence electrons. The fourth-order valence-corrected chi connectivity index (χ4v) is 8.27. The van der Waals surface area contributed by atoms with E-state index in [1.807, 2.05) is 0 Å². The monoisotopic (exact) mass is 849 g/mol. The summed E-state index contributed by atoms with van der Waals surface area (Å²) in [4.78, 5) is 37.8. The highest BCUT2D eigenvalue weighted by Gasteiger charge is 2.19. The second-order valence-corrected chi connectivity index (χ2v) is 18.5. The van der Waals surface area contributed by atoms with Crippen molar-refractivity contribution < 1.29 is 28.6 Å². The first kappa shape index (κ1) is 58.4. The highest BCUT2D eigenvalue weighted by atomic mass is 16.6. The smallest absolute Gasteiger partial charge is 0.306 e. The Morgan fingerprint density at radius 3 is 0.667 bits per heavy atom. The SMILES string of the molecule is CCCCCCCCCCCCCCCCCCCCC(=O)OC[C@@H](COC(=O)CCCCCCCCC)OC(=O)CCCCCCCCCCCCCCCCCCC. The highest BCUT2D eigenvalue weighted by Crippen LogP contribution is 2.17. The standard InChI is InChI=1S/C54H104O6/c1-4-7-10-13-16-18-20-22-24-26-28-29-31-33-35-38-41-44-47-53(56)59-50-51(49-58-52(55)46-43-40-37-15-12-9-6-3)60-54(57)48-45-42-39-36-34-32-30-27-25-23-21-19-17-14-11-8-5-2/h51H,4-50H2,1-3H3/t51-/m1/s1. The maximum atomic E-state index is 12.8. The molecule has 0 N–H and O–H groups in total. The van der Waals surface area contributed by atoms with Crippen LogP contribution in [0.3, 0.4) is 0 Å². The van der Waals surface area contributed by atoms with Crippen molar-refractivity contribution in [1.29, 1.82) is 0 Å². The van der Waals surface area contributed by atoms with Crippen LogP contribution in [0.1, 0.15) is 310 Å². The van der Waals surface area contributed by atoms with Crippen LogP contribution in [0.4, 0.5) is 0 Å². The van der Waals surface area contributed by atoms with Gasteiger partial charge in [0.25, 0.3) is 0 Å². The van der Waals surface area contributed by atoms with Crippen molar-refractivity contribution in [2.45, 2.75) is 316 Å². The fourth-order valence-electron chi connectivity index (χ4n) is 8.27. The summed E-state index contributed by atoms with van der Waals surface area (Å²) in [6.45, 7) is 6.65. The molecule has 0 fully saturated rings. The predicted octanol–water partition coefficient (Wildman–Crippen LogP) is 17.6. The van der Waals surface area contributed by atoms with E-state index in [0.29, 0.717) is 19.3 Å². The molecule has 0 heterocycles. The summed E-state index contributed by atoms with van der Waals surface area (Å²) in [5.74, 6) is -0.846. The lowest BCUT2D eigenvalue weighted by atomic mass is 10.0. The van der Waals surface area contributed by atoms with Crippen molar-refractivity contribution in [1.82, 2.24) is 0 Å². The minimum atomic E-state index is -0.759. The van der Waals surface area contributed by atoms with Crippen molar-refractivity contribution in [3.05, 3.63) is 0 Å². The Kier molecular flexibility index (Phi) is 48.7. The third-order valence-electron chi connectivity index (χ3n) is 12.4. The van der Waals surface area contributed by atoms with Crippen LogP contribution in [0.25, 0.3) is 0 Å². The topological polar surface area (TPSA) is 78.9 Å². The molecule has 60 heavy (non-hydrogen) atoms. The maximum absolute atomic E-state index is 12.8. The normalized spacial score (nSPS) is 11.8. The summed E-state index contributed by atoms with van der Waals surface area (Å²) in [5, 5.41) is 0. The molecular formula is C54H104O6. The lowest BCUT2D eigenvalue weighted by molar-refractivity contribution is -0.167. The first-order valence-electron chi connectivity index (χ1n) is 27.0. The third kappa shape index (κ3) is 47.5. The predicted molar refractivity (Wildman–Crippen MR) is 257 cm³/mol. The van der Waals surface area contributed by atoms with E-state index in [-0.39, 0.29) is 31.1 Å². The molecule has 0 bridgehead atoms. The second kappa shape index (κ2) is 50.1. The molecule has 0 spiro atoms. The first-order valence-corrected chi connectivity index (χ1v) is 27.0. The summed E-state index contributed by atoms with van der Waals surface area (Å²) in [6.07, 6.45) is 53.9. The van der Waals surface area contributed by atoms with Gasteiger partial charge in [0.15, 0.2) is 6.10 Å². The van der Waals surface area contributed by atoms with Gasteiger partial charge in [0.2, 0.25) is 0 Å². The molecule has 0 amide bonds. The van der Waals surface area contributed by atoms with Crippen LogP contribution < -0.4 is 0 Å². The largest absolute Gasteiger partial charge is 0.462 e. The van der Waals surface area contributed by atoms with E-state index >= 15 is 0 Å². The zero-order chi connectivity index (χ0) is 43.7. The summed E-state index contributed by atoms with van der Waals surface area (Å²) in [6, 6.07) is 0. The molecule has 0 aliphatic rings. The molecule has 0 saturated heterocycles. The number of ether oxygens (including phenoxy) is 3. The van der Waals surface area contributed by atoms with Gasteiger partial charge in [-0.3, -0.25) is 14.4 Å². The highest BCUT2D eigenvalue weighted by molar-refractivity contribution is 5.71. The number of carbonyl (C=O) groups excluding carboxylic acids is 3. The van der Waals surface area contributed by atoms with Gasteiger partial charge in [0, 0.05) is 19.3 Å². The van der Waals surface area contributed by atoms with Gasteiger partial charge in [0.1, 0.15) is 13.2 Å². The molecule has 1 atom stereocenters. The molecular weight excluding hydrogens is 745 g/mol. The van der Waals surface area contributed by atoms with Gasteiger partial charge in [0.05, 0.1) is 0 Å². The molecule has 6 heteroatoms. The fraction of sp³-hybridized carbons (Fsp3) is 0.944. The summed E-state index contributed by atoms with van der Waals surface area (Å²) < 4.78 is 16.8. The number of hydrogen-bond acceptors (Lipinski definition) is 6. The number of esters is 3. The van der Waals surface area contributed by atoms with Gasteiger partial charge < -0.3 is 14.2 Å². The molecule has 0 aliphatic carbocycles. The zero-order valence-electron chi connectivity index (χ0n) is 40.8. The molecule has 0 unspecified atom stereocenters. The lowest BCUT2D eigenvalue weighted by Gasteiger charge is -2.18. The van der Waals surface area contributed by atoms with Gasteiger partial charge >= 0.3 is 17.9 Å². The Morgan fingerprint density at radius 1 is 0.267 bits per heavy atom. The maximum Gasteiger partial charge on any atom is 0.306 e. The Bertz CT molecular complexity index is 889. The Balaban J connectivity index is 4.16. The number of unbranched alkanes of at least 4 members (excludes halogenated alkanes) is 39. The van der Waals surface area contributed by atoms with Crippen LogP contribution in [0.5, 0.6) is 0 Å². The van der Waals surface area contributed by atoms with Crippen molar-refractivity contribution in [2.75, 3.05) is 13.2 Å². The summed E-state index contributed by atoms with van der Waals surface area (Å²) in [5.41, 5.74) is 0. The molecule has 6 nitrogen and oxygen atoms in total. The molecule has 0 aromatic carbocycles.